The van der Waals surface area contributed by atoms with Gasteiger partial charge < -0.3 is 10.2 Å². The first-order valence-corrected chi connectivity index (χ1v) is 9.68. The molecule has 0 aliphatic carbocycles. The lowest BCUT2D eigenvalue weighted by Crippen LogP contribution is -2.28. The number of hydrogen-bond donors (Lipinski definition) is 1. The highest BCUT2D eigenvalue weighted by Crippen LogP contribution is 2.16. The number of nitrogens with zero attached hydrogens (tertiary/aromatic N) is 4. The summed E-state index contributed by atoms with van der Waals surface area (Å²) in [5.74, 6) is 0.490. The lowest BCUT2D eigenvalue weighted by molar-refractivity contribution is 0.0945. The molecule has 0 atom stereocenters. The quantitative estimate of drug-likeness (QED) is 0.815. The predicted octanol–water partition coefficient (Wildman–Crippen LogP) is 2.85. The molecule has 1 aromatic heterocycles. The minimum Gasteiger partial charge on any atom is -0.347 e. The summed E-state index contributed by atoms with van der Waals surface area (Å²) in [5, 5.41) is 3.01. The van der Waals surface area contributed by atoms with Crippen molar-refractivity contribution in [2.45, 2.75) is 45.8 Å². The third-order valence-corrected chi connectivity index (χ3v) is 5.12. The van der Waals surface area contributed by atoms with Gasteiger partial charge in [-0.15, -0.1) is 0 Å². The molecule has 0 radical (unpaired) electrons. The van der Waals surface area contributed by atoms with Crippen molar-refractivity contribution in [3.8, 4) is 0 Å². The van der Waals surface area contributed by atoms with E-state index in [1.165, 1.54) is 5.56 Å². The van der Waals surface area contributed by atoms with Gasteiger partial charge in [-0.25, -0.2) is 9.97 Å². The van der Waals surface area contributed by atoms with E-state index in [0.29, 0.717) is 24.2 Å². The summed E-state index contributed by atoms with van der Waals surface area (Å²) in [5.41, 5.74) is 2.78. The highest BCUT2D eigenvalue weighted by molar-refractivity contribution is 5.92. The number of aromatic nitrogens is 2. The first-order valence-electron chi connectivity index (χ1n) is 9.68. The maximum atomic E-state index is 12.6. The Kier molecular flexibility index (Phi) is 6.40. The summed E-state index contributed by atoms with van der Waals surface area (Å²) < 4.78 is 0. The second kappa shape index (κ2) is 8.95. The Balaban J connectivity index is 1.65. The topological polar surface area (TPSA) is 61.4 Å². The van der Waals surface area contributed by atoms with Crippen LogP contribution in [0.5, 0.6) is 0 Å². The van der Waals surface area contributed by atoms with E-state index < -0.39 is 0 Å². The number of rotatable bonds is 7. The maximum absolute atomic E-state index is 12.6. The van der Waals surface area contributed by atoms with Crippen LogP contribution >= 0.6 is 0 Å². The average molecular weight is 367 g/mol. The smallest absolute Gasteiger partial charge is 0.270 e. The van der Waals surface area contributed by atoms with Gasteiger partial charge in [0.05, 0.1) is 0 Å². The Morgan fingerprint density at radius 1 is 1.19 bits per heavy atom. The summed E-state index contributed by atoms with van der Waals surface area (Å²) >= 11 is 0. The van der Waals surface area contributed by atoms with E-state index >= 15 is 0 Å². The molecule has 6 heteroatoms. The summed E-state index contributed by atoms with van der Waals surface area (Å²) in [6, 6.07) is 10.4. The number of carbonyl (C=O) groups is 1. The molecule has 1 aromatic carbocycles. The Labute approximate surface area is 161 Å². The first-order chi connectivity index (χ1) is 13.0. The number of carbonyl (C=O) groups excluding carboxylic acids is 1. The third-order valence-electron chi connectivity index (χ3n) is 5.12. The SMILES string of the molecule is CC(C)N(C)Cc1ccccc1CNC(=O)c1ccnc(N2CCCC2)n1. The Morgan fingerprint density at radius 3 is 2.59 bits per heavy atom. The van der Waals surface area contributed by atoms with Crippen LogP contribution < -0.4 is 10.2 Å². The maximum Gasteiger partial charge on any atom is 0.270 e. The van der Waals surface area contributed by atoms with E-state index in [1.54, 1.807) is 12.3 Å². The zero-order valence-electron chi connectivity index (χ0n) is 16.5. The monoisotopic (exact) mass is 367 g/mol. The largest absolute Gasteiger partial charge is 0.347 e. The molecule has 0 spiro atoms. The number of benzene rings is 1. The molecule has 1 saturated heterocycles. The van der Waals surface area contributed by atoms with Crippen molar-refractivity contribution in [3.05, 3.63) is 53.3 Å². The molecular weight excluding hydrogens is 338 g/mol. The fourth-order valence-electron chi connectivity index (χ4n) is 3.15. The molecule has 3 rings (SSSR count). The van der Waals surface area contributed by atoms with Gasteiger partial charge in [0.15, 0.2) is 0 Å². The minimum atomic E-state index is -0.162. The van der Waals surface area contributed by atoms with E-state index in [9.17, 15) is 4.79 Å². The summed E-state index contributed by atoms with van der Waals surface area (Å²) in [6.07, 6.45) is 3.98. The minimum absolute atomic E-state index is 0.162. The lowest BCUT2D eigenvalue weighted by atomic mass is 10.1. The molecule has 0 saturated carbocycles. The summed E-state index contributed by atoms with van der Waals surface area (Å²) in [6.45, 7) is 7.62. The molecule has 1 aliphatic rings. The molecule has 0 unspecified atom stereocenters. The van der Waals surface area contributed by atoms with Crippen LogP contribution in [-0.2, 0) is 13.1 Å². The average Bonchev–Trinajstić information content (AvgIpc) is 3.22. The molecule has 2 aromatic rings. The summed E-state index contributed by atoms with van der Waals surface area (Å²) in [7, 11) is 2.11. The van der Waals surface area contributed by atoms with Crippen LogP contribution in [0.1, 0.15) is 48.3 Å². The van der Waals surface area contributed by atoms with Crippen molar-refractivity contribution in [1.82, 2.24) is 20.2 Å². The molecule has 1 N–H and O–H groups in total. The van der Waals surface area contributed by atoms with E-state index in [0.717, 1.165) is 38.0 Å². The Bertz CT molecular complexity index is 771. The fraction of sp³-hybridized carbons (Fsp3) is 0.476. The molecule has 6 nitrogen and oxygen atoms in total. The standard InChI is InChI=1S/C21H29N5O/c1-16(2)25(3)15-18-9-5-4-8-17(18)14-23-20(27)19-10-11-22-21(24-19)26-12-6-7-13-26/h4-5,8-11,16H,6-7,12-15H2,1-3H3,(H,23,27). The van der Waals surface area contributed by atoms with Crippen molar-refractivity contribution in [3.63, 3.8) is 0 Å². The van der Waals surface area contributed by atoms with Gasteiger partial charge in [0.25, 0.3) is 5.91 Å². The fourth-order valence-corrected chi connectivity index (χ4v) is 3.15. The molecule has 0 bridgehead atoms. The number of amides is 1. The third kappa shape index (κ3) is 5.04. The van der Waals surface area contributed by atoms with Crippen molar-refractivity contribution in [2.75, 3.05) is 25.0 Å². The number of hydrogen-bond acceptors (Lipinski definition) is 5. The van der Waals surface area contributed by atoms with Gasteiger partial charge in [-0.2, -0.15) is 0 Å². The van der Waals surface area contributed by atoms with Crippen molar-refractivity contribution >= 4 is 11.9 Å². The molecule has 27 heavy (non-hydrogen) atoms. The highest BCUT2D eigenvalue weighted by atomic mass is 16.1. The van der Waals surface area contributed by atoms with Crippen molar-refractivity contribution in [2.24, 2.45) is 0 Å². The molecule has 1 fully saturated rings. The zero-order chi connectivity index (χ0) is 19.2. The molecule has 1 aliphatic heterocycles. The lowest BCUT2D eigenvalue weighted by Gasteiger charge is -2.22. The Morgan fingerprint density at radius 2 is 1.89 bits per heavy atom. The highest BCUT2D eigenvalue weighted by Gasteiger charge is 2.17. The first kappa shape index (κ1) is 19.3. The molecule has 1 amide bonds. The van der Waals surface area contributed by atoms with Gasteiger partial charge in [0.2, 0.25) is 5.95 Å². The summed E-state index contributed by atoms with van der Waals surface area (Å²) in [4.78, 5) is 25.8. The second-order valence-corrected chi connectivity index (χ2v) is 7.40. The zero-order valence-corrected chi connectivity index (χ0v) is 16.5. The van der Waals surface area contributed by atoms with Crippen LogP contribution in [0.2, 0.25) is 0 Å². The van der Waals surface area contributed by atoms with Gasteiger partial charge >= 0.3 is 0 Å². The Hall–Kier alpha value is -2.47. The number of nitrogens with one attached hydrogen (secondary N) is 1. The van der Waals surface area contributed by atoms with Crippen molar-refractivity contribution < 1.29 is 4.79 Å². The van der Waals surface area contributed by atoms with E-state index in [2.05, 4.69) is 58.1 Å². The van der Waals surface area contributed by atoms with E-state index in [1.807, 2.05) is 12.1 Å². The van der Waals surface area contributed by atoms with Gasteiger partial charge in [0.1, 0.15) is 5.69 Å². The van der Waals surface area contributed by atoms with E-state index in [-0.39, 0.29) is 5.91 Å². The van der Waals surface area contributed by atoms with Crippen LogP contribution in [0.25, 0.3) is 0 Å². The predicted molar refractivity (Wildman–Crippen MR) is 108 cm³/mol. The van der Waals surface area contributed by atoms with E-state index in [4.69, 9.17) is 0 Å². The van der Waals surface area contributed by atoms with Gasteiger partial charge in [-0.3, -0.25) is 9.69 Å². The van der Waals surface area contributed by atoms with Gasteiger partial charge in [-0.05, 0) is 50.9 Å². The second-order valence-electron chi connectivity index (χ2n) is 7.40. The normalized spacial score (nSPS) is 14.2. The molecule has 2 heterocycles. The van der Waals surface area contributed by atoms with Gasteiger partial charge in [-0.1, -0.05) is 24.3 Å². The number of anilines is 1. The van der Waals surface area contributed by atoms with Crippen LogP contribution in [0.15, 0.2) is 36.5 Å². The van der Waals surface area contributed by atoms with Crippen LogP contribution in [0.4, 0.5) is 5.95 Å². The van der Waals surface area contributed by atoms with Crippen molar-refractivity contribution in [1.29, 1.82) is 0 Å². The molecule has 144 valence electrons. The van der Waals surface area contributed by atoms with Crippen LogP contribution in [-0.4, -0.2) is 47.0 Å². The molecular formula is C21H29N5O. The van der Waals surface area contributed by atoms with Crippen LogP contribution in [0.3, 0.4) is 0 Å². The van der Waals surface area contributed by atoms with Gasteiger partial charge in [0, 0.05) is 38.4 Å². The van der Waals surface area contributed by atoms with Crippen LogP contribution in [0, 0.1) is 0 Å².